The number of epoxide rings is 2. The molecule has 7 N–H and O–H groups in total. The molecule has 300 valence electrons. The number of ether oxygens (including phenoxy) is 2. The molecule has 2 amide bonds. The van der Waals surface area contributed by atoms with Crippen LogP contribution in [0.4, 0.5) is 0 Å². The standard InChI is InChI=1S/C8H16N2O4.2C8H20N2O2.C4H6O2.C2H7N.CH4.Al.Li.4H/c1-9(2)7(13)5(11)6(12)8(14)10(3)4;2*1-9(2)5-7(11)8(12)6-10(3)4;1-3(5-1)4-2-6-4;1-3-2;;;;;;;/h5-6,11-12H,1-4H3;2*7-8,11-12H,5-6H2,1-4H3;3-4H,1-2H2;3H,1-2H3;1H4;;;;;;/q;;;;;;;+1;;;;-1/t5-,6-;2*7-,8-;3-,4-;;;;;;;;/m1000......../s1. The topological polar surface area (TPSA) is 212 Å². The summed E-state index contributed by atoms with van der Waals surface area (Å²) < 4.78 is 9.81. The van der Waals surface area contributed by atoms with E-state index in [2.05, 4.69) is 5.32 Å². The van der Waals surface area contributed by atoms with E-state index < -0.39 is 48.4 Å². The number of carbonyl (C=O) groups excluding carboxylic acids is 2. The molecule has 0 unspecified atom stereocenters. The van der Waals surface area contributed by atoms with Crippen molar-refractivity contribution < 1.29 is 70.0 Å². The second kappa shape index (κ2) is 34.3. The minimum atomic E-state index is -1.71. The minimum Gasteiger partial charge on any atom is -1.00 e. The van der Waals surface area contributed by atoms with Gasteiger partial charge in [0, 0.05) is 54.4 Å². The summed E-state index contributed by atoms with van der Waals surface area (Å²) in [5, 5.41) is 59.0. The van der Waals surface area contributed by atoms with Crippen molar-refractivity contribution in [2.45, 2.75) is 56.3 Å². The Morgan fingerprint density at radius 2 is 0.740 bits per heavy atom. The van der Waals surface area contributed by atoms with Crippen LogP contribution >= 0.6 is 0 Å². The molecule has 2 fully saturated rings. The summed E-state index contributed by atoms with van der Waals surface area (Å²) in [6.07, 6.45) is -5.09. The third-order valence-electron chi connectivity index (χ3n) is 5.92. The summed E-state index contributed by atoms with van der Waals surface area (Å²) in [4.78, 5) is 31.9. The molecule has 2 aliphatic rings. The van der Waals surface area contributed by atoms with Gasteiger partial charge in [0.05, 0.1) is 37.6 Å². The Bertz CT molecular complexity index is 718. The predicted octanol–water partition coefficient (Wildman–Crippen LogP) is -8.26. The second-order valence-corrected chi connectivity index (χ2v) is 12.9. The van der Waals surface area contributed by atoms with Crippen molar-refractivity contribution in [2.75, 3.05) is 138 Å². The van der Waals surface area contributed by atoms with Crippen molar-refractivity contribution in [2.24, 2.45) is 0 Å². The van der Waals surface area contributed by atoms with E-state index in [9.17, 15) is 40.2 Å². The molecule has 8 atom stereocenters. The first-order valence-corrected chi connectivity index (χ1v) is 15.4. The summed E-state index contributed by atoms with van der Waals surface area (Å²) >= 11 is 0. The van der Waals surface area contributed by atoms with Gasteiger partial charge in [-0.25, -0.2) is 0 Å². The van der Waals surface area contributed by atoms with Crippen molar-refractivity contribution in [1.82, 2.24) is 34.7 Å². The van der Waals surface area contributed by atoms with E-state index in [0.717, 1.165) is 23.0 Å². The van der Waals surface area contributed by atoms with Gasteiger partial charge in [-0.3, -0.25) is 9.59 Å². The molecule has 0 aromatic carbocycles. The van der Waals surface area contributed by atoms with Crippen molar-refractivity contribution in [1.29, 1.82) is 0 Å². The molecule has 2 rings (SSSR count). The molecule has 2 heterocycles. The number of carbonyl (C=O) groups is 2. The van der Waals surface area contributed by atoms with Crippen LogP contribution in [-0.4, -0.2) is 276 Å². The van der Waals surface area contributed by atoms with E-state index in [0.29, 0.717) is 38.4 Å². The van der Waals surface area contributed by atoms with Crippen LogP contribution in [0.2, 0.25) is 0 Å². The van der Waals surface area contributed by atoms with Crippen LogP contribution in [0.3, 0.4) is 0 Å². The Morgan fingerprint density at radius 3 is 0.840 bits per heavy atom. The van der Waals surface area contributed by atoms with Gasteiger partial charge in [-0.1, -0.05) is 7.43 Å². The third kappa shape index (κ3) is 35.9. The first-order chi connectivity index (χ1) is 21.5. The minimum absolute atomic E-state index is 0. The van der Waals surface area contributed by atoms with E-state index in [-0.39, 0.29) is 45.1 Å². The number of aliphatic hydroxyl groups excluding tert-OH is 6. The number of rotatable bonds is 14. The maximum absolute atomic E-state index is 11.2. The molecule has 0 spiro atoms. The average Bonchev–Trinajstić information content (AvgIpc) is 3.84. The molecule has 0 bridgehead atoms. The van der Waals surface area contributed by atoms with Gasteiger partial charge < -0.3 is 76.3 Å². The molecule has 0 aliphatic carbocycles. The molecule has 0 aromatic rings. The van der Waals surface area contributed by atoms with E-state index in [1.165, 1.54) is 28.2 Å². The Morgan fingerprint density at radius 1 is 0.580 bits per heavy atom. The zero-order valence-electron chi connectivity index (χ0n) is 33.4. The van der Waals surface area contributed by atoms with Crippen LogP contribution in [0.25, 0.3) is 0 Å². The van der Waals surface area contributed by atoms with Gasteiger partial charge in [0.2, 0.25) is 0 Å². The summed E-state index contributed by atoms with van der Waals surface area (Å²) in [6, 6.07) is 0. The zero-order valence-corrected chi connectivity index (χ0v) is 32.4. The van der Waals surface area contributed by atoms with Crippen molar-refractivity contribution in [3.63, 3.8) is 0 Å². The SMILES string of the molecule is C.C1O[C@@H]1[C@@H]1CO1.CN(C)C(=O)[C@H](O)[C@@H](O)C(=O)N(C)C.CN(C)C[C@H](O)[C@@H](O)CN(C)C.CN(C)C[C@H](O)[C@@H](O)CN(C)C.CNC.[AlH3].[H-].[Li+]. The fourth-order valence-corrected chi connectivity index (χ4v) is 3.32. The summed E-state index contributed by atoms with van der Waals surface area (Å²) in [7, 11) is 24.4. The molecule has 0 radical (unpaired) electrons. The van der Waals surface area contributed by atoms with Crippen molar-refractivity contribution in [3.8, 4) is 0 Å². The van der Waals surface area contributed by atoms with Crippen LogP contribution < -0.4 is 24.2 Å². The average molecular weight is 742 g/mol. The normalized spacial score (nSPS) is 18.8. The number of aliphatic hydroxyl groups is 6. The van der Waals surface area contributed by atoms with Gasteiger partial charge in [0.1, 0.15) is 12.2 Å². The number of nitrogens with zero attached hydrogens (tertiary/aromatic N) is 6. The van der Waals surface area contributed by atoms with Gasteiger partial charge in [0.15, 0.2) is 29.6 Å². The van der Waals surface area contributed by atoms with E-state index >= 15 is 0 Å². The van der Waals surface area contributed by atoms with Gasteiger partial charge in [-0.05, 0) is 70.5 Å². The van der Waals surface area contributed by atoms with Crippen LogP contribution in [-0.2, 0) is 19.1 Å². The fraction of sp³-hybridized carbons (Fsp3) is 0.935. The predicted molar refractivity (Wildman–Crippen MR) is 200 cm³/mol. The number of amides is 2. The Balaban J connectivity index is -0.0000000979. The number of hydrogen-bond acceptors (Lipinski definition) is 15. The Hall–Kier alpha value is -0.450. The van der Waals surface area contributed by atoms with E-state index in [1.807, 2.05) is 90.1 Å². The molecule has 17 nitrogen and oxygen atoms in total. The summed E-state index contributed by atoms with van der Waals surface area (Å²) in [5.41, 5.74) is 0. The smallest absolute Gasteiger partial charge is 1.00 e. The number of likely N-dealkylation sites (N-methyl/N-ethyl adjacent to an activating group) is 6. The summed E-state index contributed by atoms with van der Waals surface area (Å²) in [5.74, 6) is -1.40. The van der Waals surface area contributed by atoms with Crippen LogP contribution in [0.15, 0.2) is 0 Å². The zero-order chi connectivity index (χ0) is 37.6. The molecular formula is C31H77AlLiN7O10. The first kappa shape index (κ1) is 61.6. The molecule has 2 saturated heterocycles. The van der Waals surface area contributed by atoms with Crippen molar-refractivity contribution >= 4 is 29.2 Å². The molecule has 0 saturated carbocycles. The molecular weight excluding hydrogens is 664 g/mol. The Labute approximate surface area is 327 Å². The number of nitrogens with one attached hydrogen (secondary N) is 1. The molecule has 50 heavy (non-hydrogen) atoms. The van der Waals surface area contributed by atoms with Gasteiger partial charge >= 0.3 is 18.9 Å². The number of hydrogen-bond donors (Lipinski definition) is 7. The fourth-order valence-electron chi connectivity index (χ4n) is 3.32. The van der Waals surface area contributed by atoms with Gasteiger partial charge in [-0.2, -0.15) is 0 Å². The quantitative estimate of drug-likeness (QED) is 0.0651. The molecule has 0 aromatic heterocycles. The molecule has 2 aliphatic heterocycles. The Kier molecular flexibility index (Phi) is 42.3. The van der Waals surface area contributed by atoms with Gasteiger partial charge in [-0.15, -0.1) is 0 Å². The summed E-state index contributed by atoms with van der Waals surface area (Å²) in [6.45, 7) is 3.85. The van der Waals surface area contributed by atoms with Crippen molar-refractivity contribution in [3.05, 3.63) is 0 Å². The van der Waals surface area contributed by atoms with Crippen LogP contribution in [0.1, 0.15) is 8.85 Å². The maximum Gasteiger partial charge on any atom is 1.00 e. The van der Waals surface area contributed by atoms with Crippen LogP contribution in [0, 0.1) is 0 Å². The monoisotopic (exact) mass is 742 g/mol. The third-order valence-corrected chi connectivity index (χ3v) is 5.92. The van der Waals surface area contributed by atoms with E-state index in [1.54, 1.807) is 0 Å². The van der Waals surface area contributed by atoms with E-state index in [4.69, 9.17) is 9.47 Å². The first-order valence-electron chi connectivity index (χ1n) is 15.4. The van der Waals surface area contributed by atoms with Crippen LogP contribution in [0.5, 0.6) is 0 Å². The molecule has 19 heteroatoms. The second-order valence-electron chi connectivity index (χ2n) is 12.9. The maximum atomic E-state index is 11.2. The van der Waals surface area contributed by atoms with Gasteiger partial charge in [0.25, 0.3) is 11.8 Å². The largest absolute Gasteiger partial charge is 1.00 e.